The van der Waals surface area contributed by atoms with Crippen LogP contribution in [0, 0.1) is 0 Å². The first-order valence-corrected chi connectivity index (χ1v) is 7.37. The number of pyridine rings is 1. The SMILES string of the molecule is Clc1cnc(NC[C@H]2COC3(CCOCC3)O2)c(Cl)c1. The molecule has 1 N–H and O–H groups in total. The highest BCUT2D eigenvalue weighted by Crippen LogP contribution is 2.33. The highest BCUT2D eigenvalue weighted by Gasteiger charge is 2.42. The predicted octanol–water partition coefficient (Wildman–Crippen LogP) is 2.72. The second-order valence-electron chi connectivity index (χ2n) is 4.94. The van der Waals surface area contributed by atoms with E-state index in [9.17, 15) is 0 Å². The fourth-order valence-electron chi connectivity index (χ4n) is 2.42. The molecule has 0 saturated carbocycles. The Morgan fingerprint density at radius 2 is 2.15 bits per heavy atom. The summed E-state index contributed by atoms with van der Waals surface area (Å²) in [5.41, 5.74) is 0. The standard InChI is InChI=1S/C13H16Cl2N2O3/c14-9-5-11(15)12(16-6-9)17-7-10-8-19-13(20-10)1-3-18-4-2-13/h5-6,10H,1-4,7-8H2,(H,16,17)/t10-/m0/s1. The van der Waals surface area contributed by atoms with Crippen molar-refractivity contribution in [1.82, 2.24) is 4.98 Å². The van der Waals surface area contributed by atoms with E-state index in [1.165, 1.54) is 0 Å². The maximum absolute atomic E-state index is 6.06. The van der Waals surface area contributed by atoms with Crippen LogP contribution in [0.15, 0.2) is 12.3 Å². The maximum Gasteiger partial charge on any atom is 0.173 e. The van der Waals surface area contributed by atoms with Gasteiger partial charge >= 0.3 is 0 Å². The average molecular weight is 319 g/mol. The summed E-state index contributed by atoms with van der Waals surface area (Å²) in [7, 11) is 0. The Balaban J connectivity index is 1.54. The molecule has 0 amide bonds. The van der Waals surface area contributed by atoms with Crippen LogP contribution < -0.4 is 5.32 Å². The van der Waals surface area contributed by atoms with Crippen LogP contribution in [0.3, 0.4) is 0 Å². The van der Waals surface area contributed by atoms with E-state index in [0.29, 0.717) is 42.2 Å². The summed E-state index contributed by atoms with van der Waals surface area (Å²) in [5.74, 6) is 0.148. The Morgan fingerprint density at radius 1 is 1.35 bits per heavy atom. The second-order valence-corrected chi connectivity index (χ2v) is 5.78. The van der Waals surface area contributed by atoms with Crippen LogP contribution >= 0.6 is 23.2 Å². The zero-order chi connectivity index (χ0) is 14.0. The summed E-state index contributed by atoms with van der Waals surface area (Å²) < 4.78 is 17.2. The molecule has 1 aromatic heterocycles. The van der Waals surface area contributed by atoms with E-state index < -0.39 is 5.79 Å². The summed E-state index contributed by atoms with van der Waals surface area (Å²) >= 11 is 11.9. The number of hydrogen-bond donors (Lipinski definition) is 1. The van der Waals surface area contributed by atoms with Gasteiger partial charge in [0.15, 0.2) is 5.79 Å². The quantitative estimate of drug-likeness (QED) is 0.928. The summed E-state index contributed by atoms with van der Waals surface area (Å²) in [6.45, 7) is 2.53. The van der Waals surface area contributed by atoms with Crippen LogP contribution in [0.2, 0.25) is 10.0 Å². The normalized spacial score (nSPS) is 25.0. The van der Waals surface area contributed by atoms with E-state index in [0.717, 1.165) is 12.8 Å². The third-order valence-electron chi connectivity index (χ3n) is 3.47. The van der Waals surface area contributed by atoms with Crippen LogP contribution in [0.1, 0.15) is 12.8 Å². The van der Waals surface area contributed by atoms with Crippen molar-refractivity contribution in [3.05, 3.63) is 22.3 Å². The van der Waals surface area contributed by atoms with Gasteiger partial charge in [0, 0.05) is 25.6 Å². The lowest BCUT2D eigenvalue weighted by molar-refractivity contribution is -0.209. The fraction of sp³-hybridized carbons (Fsp3) is 0.615. The molecule has 2 saturated heterocycles. The predicted molar refractivity (Wildman–Crippen MR) is 76.4 cm³/mol. The van der Waals surface area contributed by atoms with Crippen LogP contribution in [-0.4, -0.2) is 43.2 Å². The third kappa shape index (κ3) is 3.18. The lowest BCUT2D eigenvalue weighted by atomic mass is 10.1. The molecule has 20 heavy (non-hydrogen) atoms. The van der Waals surface area contributed by atoms with Crippen molar-refractivity contribution in [2.45, 2.75) is 24.7 Å². The molecule has 1 atom stereocenters. The van der Waals surface area contributed by atoms with E-state index in [1.807, 2.05) is 0 Å². The van der Waals surface area contributed by atoms with Crippen LogP contribution in [0.5, 0.6) is 0 Å². The van der Waals surface area contributed by atoms with Crippen molar-refractivity contribution in [2.75, 3.05) is 31.7 Å². The molecule has 1 aromatic rings. The molecule has 110 valence electrons. The van der Waals surface area contributed by atoms with Crippen molar-refractivity contribution >= 4 is 29.0 Å². The highest BCUT2D eigenvalue weighted by atomic mass is 35.5. The number of halogens is 2. The molecule has 3 heterocycles. The van der Waals surface area contributed by atoms with E-state index >= 15 is 0 Å². The van der Waals surface area contributed by atoms with Crippen molar-refractivity contribution in [3.63, 3.8) is 0 Å². The molecule has 0 aliphatic carbocycles. The second kappa shape index (κ2) is 6.03. The van der Waals surface area contributed by atoms with E-state index in [1.54, 1.807) is 12.3 Å². The molecular weight excluding hydrogens is 303 g/mol. The number of nitrogens with one attached hydrogen (secondary N) is 1. The van der Waals surface area contributed by atoms with Gasteiger partial charge in [0.25, 0.3) is 0 Å². The van der Waals surface area contributed by atoms with Gasteiger partial charge in [0.2, 0.25) is 0 Å². The fourth-order valence-corrected chi connectivity index (χ4v) is 2.86. The first-order chi connectivity index (χ1) is 9.67. The first-order valence-electron chi connectivity index (χ1n) is 6.61. The van der Waals surface area contributed by atoms with Crippen LogP contribution in [0.25, 0.3) is 0 Å². The third-order valence-corrected chi connectivity index (χ3v) is 3.97. The molecule has 2 fully saturated rings. The summed E-state index contributed by atoms with van der Waals surface area (Å²) in [6.07, 6.45) is 3.11. The average Bonchev–Trinajstić information content (AvgIpc) is 2.82. The van der Waals surface area contributed by atoms with Crippen molar-refractivity contribution < 1.29 is 14.2 Å². The van der Waals surface area contributed by atoms with Crippen molar-refractivity contribution in [1.29, 1.82) is 0 Å². The van der Waals surface area contributed by atoms with Gasteiger partial charge in [-0.25, -0.2) is 4.98 Å². The summed E-state index contributed by atoms with van der Waals surface area (Å²) in [6, 6.07) is 1.66. The van der Waals surface area contributed by atoms with Crippen LogP contribution in [0.4, 0.5) is 5.82 Å². The van der Waals surface area contributed by atoms with Crippen molar-refractivity contribution in [2.24, 2.45) is 0 Å². The number of anilines is 1. The largest absolute Gasteiger partial charge is 0.381 e. The Hall–Kier alpha value is -0.590. The van der Waals surface area contributed by atoms with Gasteiger partial charge in [0.1, 0.15) is 11.9 Å². The molecule has 5 nitrogen and oxygen atoms in total. The lowest BCUT2D eigenvalue weighted by Gasteiger charge is -2.31. The number of ether oxygens (including phenoxy) is 3. The Kier molecular flexibility index (Phi) is 4.33. The zero-order valence-corrected chi connectivity index (χ0v) is 12.4. The monoisotopic (exact) mass is 318 g/mol. The minimum Gasteiger partial charge on any atom is -0.381 e. The van der Waals surface area contributed by atoms with Gasteiger partial charge in [-0.2, -0.15) is 0 Å². The zero-order valence-electron chi connectivity index (χ0n) is 10.9. The molecule has 2 aliphatic heterocycles. The molecule has 0 bridgehead atoms. The lowest BCUT2D eigenvalue weighted by Crippen LogP contribution is -2.38. The molecule has 0 unspecified atom stereocenters. The van der Waals surface area contributed by atoms with Gasteiger partial charge in [0.05, 0.1) is 29.9 Å². The molecule has 3 rings (SSSR count). The van der Waals surface area contributed by atoms with E-state index in [2.05, 4.69) is 10.3 Å². The van der Waals surface area contributed by atoms with Gasteiger partial charge in [-0.3, -0.25) is 0 Å². The van der Waals surface area contributed by atoms with Gasteiger partial charge < -0.3 is 19.5 Å². The summed E-state index contributed by atoms with van der Waals surface area (Å²) in [5, 5.41) is 4.18. The van der Waals surface area contributed by atoms with E-state index in [4.69, 9.17) is 37.4 Å². The minimum atomic E-state index is -0.457. The minimum absolute atomic E-state index is 0.0124. The smallest absolute Gasteiger partial charge is 0.173 e. The van der Waals surface area contributed by atoms with E-state index in [-0.39, 0.29) is 6.10 Å². The molecule has 0 radical (unpaired) electrons. The van der Waals surface area contributed by atoms with Gasteiger partial charge in [-0.1, -0.05) is 23.2 Å². The molecule has 0 aromatic carbocycles. The molecular formula is C13H16Cl2N2O3. The first kappa shape index (κ1) is 14.4. The number of rotatable bonds is 3. The Labute approximate surface area is 127 Å². The van der Waals surface area contributed by atoms with Gasteiger partial charge in [-0.05, 0) is 6.07 Å². The van der Waals surface area contributed by atoms with Gasteiger partial charge in [-0.15, -0.1) is 0 Å². The maximum atomic E-state index is 6.06. The molecule has 7 heteroatoms. The topological polar surface area (TPSA) is 52.6 Å². The number of nitrogens with zero attached hydrogens (tertiary/aromatic N) is 1. The molecule has 1 spiro atoms. The Morgan fingerprint density at radius 3 is 2.90 bits per heavy atom. The van der Waals surface area contributed by atoms with Crippen LogP contribution in [-0.2, 0) is 14.2 Å². The molecule has 2 aliphatic rings. The highest BCUT2D eigenvalue weighted by molar-refractivity contribution is 6.35. The number of aromatic nitrogens is 1. The number of hydrogen-bond acceptors (Lipinski definition) is 5. The summed E-state index contributed by atoms with van der Waals surface area (Å²) in [4.78, 5) is 4.15. The van der Waals surface area contributed by atoms with Crippen molar-refractivity contribution in [3.8, 4) is 0 Å². The Bertz CT molecular complexity index is 481.